The Morgan fingerprint density at radius 1 is 1.12 bits per heavy atom. The molecule has 1 aromatic heterocycles. The van der Waals surface area contributed by atoms with Crippen molar-refractivity contribution in [3.63, 3.8) is 0 Å². The van der Waals surface area contributed by atoms with Crippen LogP contribution in [0.25, 0.3) is 10.9 Å². The Kier molecular flexibility index (Phi) is 7.90. The number of halogens is 2. The number of aromatic nitrogens is 1. The monoisotopic (exact) mass is 466 g/mol. The molecule has 6 heteroatoms. The van der Waals surface area contributed by atoms with Crippen LogP contribution in [-0.4, -0.2) is 24.0 Å². The SMILES string of the molecule is CCNC(=NCc1ccccc1)NCCc1c[nH]c2cc(F)ccc12.I. The maximum Gasteiger partial charge on any atom is 0.191 e. The molecule has 0 unspecified atom stereocenters. The average molecular weight is 466 g/mol. The largest absolute Gasteiger partial charge is 0.361 e. The van der Waals surface area contributed by atoms with Gasteiger partial charge in [0.2, 0.25) is 0 Å². The number of nitrogens with zero attached hydrogens (tertiary/aromatic N) is 1. The van der Waals surface area contributed by atoms with Gasteiger partial charge in [-0.2, -0.15) is 0 Å². The number of aliphatic imine (C=N–C) groups is 1. The lowest BCUT2D eigenvalue weighted by Gasteiger charge is -2.11. The molecule has 0 aliphatic carbocycles. The normalized spacial score (nSPS) is 11.2. The van der Waals surface area contributed by atoms with E-state index in [2.05, 4.69) is 32.7 Å². The second kappa shape index (κ2) is 10.2. The van der Waals surface area contributed by atoms with Crippen molar-refractivity contribution in [3.8, 4) is 0 Å². The van der Waals surface area contributed by atoms with Crippen molar-refractivity contribution in [2.75, 3.05) is 13.1 Å². The Balaban J connectivity index is 0.00000243. The van der Waals surface area contributed by atoms with Crippen molar-refractivity contribution in [3.05, 3.63) is 71.7 Å². The van der Waals surface area contributed by atoms with Gasteiger partial charge >= 0.3 is 0 Å². The highest BCUT2D eigenvalue weighted by molar-refractivity contribution is 14.0. The number of benzene rings is 2. The summed E-state index contributed by atoms with van der Waals surface area (Å²) in [6.45, 7) is 4.26. The summed E-state index contributed by atoms with van der Waals surface area (Å²) in [5.41, 5.74) is 3.18. The minimum Gasteiger partial charge on any atom is -0.361 e. The van der Waals surface area contributed by atoms with Crippen molar-refractivity contribution in [2.24, 2.45) is 4.99 Å². The van der Waals surface area contributed by atoms with Crippen LogP contribution in [0.2, 0.25) is 0 Å². The number of nitrogens with one attached hydrogen (secondary N) is 3. The van der Waals surface area contributed by atoms with E-state index in [1.807, 2.05) is 37.4 Å². The molecule has 0 saturated heterocycles. The summed E-state index contributed by atoms with van der Waals surface area (Å²) in [5.74, 6) is 0.582. The molecule has 26 heavy (non-hydrogen) atoms. The lowest BCUT2D eigenvalue weighted by molar-refractivity contribution is 0.629. The van der Waals surface area contributed by atoms with Crippen LogP contribution in [0.15, 0.2) is 59.7 Å². The van der Waals surface area contributed by atoms with Gasteiger partial charge in [-0.15, -0.1) is 24.0 Å². The maximum atomic E-state index is 13.3. The predicted octanol–water partition coefficient (Wildman–Crippen LogP) is 4.22. The highest BCUT2D eigenvalue weighted by Crippen LogP contribution is 2.19. The minimum absolute atomic E-state index is 0. The number of H-pyrrole nitrogens is 1. The van der Waals surface area contributed by atoms with Crippen LogP contribution in [0, 0.1) is 5.82 Å². The Bertz CT molecular complexity index is 845. The third-order valence-corrected chi connectivity index (χ3v) is 4.02. The Labute approximate surface area is 170 Å². The Morgan fingerprint density at radius 2 is 1.92 bits per heavy atom. The Morgan fingerprint density at radius 3 is 2.69 bits per heavy atom. The third-order valence-electron chi connectivity index (χ3n) is 4.02. The van der Waals surface area contributed by atoms with E-state index in [0.29, 0.717) is 6.54 Å². The first-order valence-corrected chi connectivity index (χ1v) is 8.58. The van der Waals surface area contributed by atoms with Gasteiger partial charge in [0.05, 0.1) is 6.54 Å². The van der Waals surface area contributed by atoms with Gasteiger partial charge in [0, 0.05) is 30.2 Å². The lowest BCUT2D eigenvalue weighted by atomic mass is 10.1. The first kappa shape index (κ1) is 20.2. The smallest absolute Gasteiger partial charge is 0.191 e. The molecule has 0 aliphatic heterocycles. The van der Waals surface area contributed by atoms with Gasteiger partial charge in [-0.25, -0.2) is 9.38 Å². The van der Waals surface area contributed by atoms with E-state index < -0.39 is 0 Å². The zero-order chi connectivity index (χ0) is 17.5. The standard InChI is InChI=1S/C20H23FN4.HI/c1-2-22-20(25-13-15-6-4-3-5-7-15)23-11-10-16-14-24-19-12-17(21)8-9-18(16)19;/h3-9,12,14,24H,2,10-11,13H2,1H3,(H2,22,23,25);1H. The maximum absolute atomic E-state index is 13.3. The minimum atomic E-state index is -0.221. The summed E-state index contributed by atoms with van der Waals surface area (Å²) in [5, 5.41) is 7.68. The van der Waals surface area contributed by atoms with E-state index in [0.717, 1.165) is 36.4 Å². The zero-order valence-corrected chi connectivity index (χ0v) is 17.1. The topological polar surface area (TPSA) is 52.2 Å². The summed E-state index contributed by atoms with van der Waals surface area (Å²) >= 11 is 0. The zero-order valence-electron chi connectivity index (χ0n) is 14.8. The van der Waals surface area contributed by atoms with Crippen LogP contribution in [0.3, 0.4) is 0 Å². The fraction of sp³-hybridized carbons (Fsp3) is 0.250. The number of fused-ring (bicyclic) bond motifs is 1. The number of rotatable bonds is 6. The van der Waals surface area contributed by atoms with E-state index in [4.69, 9.17) is 0 Å². The first-order chi connectivity index (χ1) is 12.3. The van der Waals surface area contributed by atoms with Gasteiger partial charge in [0.1, 0.15) is 5.82 Å². The van der Waals surface area contributed by atoms with Gasteiger partial charge in [-0.3, -0.25) is 0 Å². The lowest BCUT2D eigenvalue weighted by Crippen LogP contribution is -2.38. The number of guanidine groups is 1. The highest BCUT2D eigenvalue weighted by atomic mass is 127. The van der Waals surface area contributed by atoms with E-state index in [-0.39, 0.29) is 29.8 Å². The predicted molar refractivity (Wildman–Crippen MR) is 117 cm³/mol. The first-order valence-electron chi connectivity index (χ1n) is 8.58. The molecule has 0 atom stereocenters. The van der Waals surface area contributed by atoms with Gasteiger partial charge in [0.15, 0.2) is 5.96 Å². The second-order valence-corrected chi connectivity index (χ2v) is 5.86. The molecular weight excluding hydrogens is 442 g/mol. The molecule has 3 aromatic rings. The molecular formula is C20H24FIN4. The molecule has 0 aliphatic rings. The van der Waals surface area contributed by atoms with Gasteiger partial charge < -0.3 is 15.6 Å². The van der Waals surface area contributed by atoms with Crippen molar-refractivity contribution in [1.82, 2.24) is 15.6 Å². The summed E-state index contributed by atoms with van der Waals surface area (Å²) in [4.78, 5) is 7.74. The summed E-state index contributed by atoms with van der Waals surface area (Å²) in [6, 6.07) is 15.0. The highest BCUT2D eigenvalue weighted by Gasteiger charge is 2.05. The van der Waals surface area contributed by atoms with Crippen LogP contribution in [-0.2, 0) is 13.0 Å². The van der Waals surface area contributed by atoms with Crippen molar-refractivity contribution >= 4 is 40.8 Å². The molecule has 3 rings (SSSR count). The molecule has 0 spiro atoms. The van der Waals surface area contributed by atoms with Crippen LogP contribution in [0.4, 0.5) is 4.39 Å². The molecule has 0 saturated carbocycles. The fourth-order valence-corrected chi connectivity index (χ4v) is 2.78. The van der Waals surface area contributed by atoms with Crippen LogP contribution in [0.1, 0.15) is 18.1 Å². The number of hydrogen-bond donors (Lipinski definition) is 3. The van der Waals surface area contributed by atoms with Crippen molar-refractivity contribution in [2.45, 2.75) is 19.9 Å². The summed E-state index contributed by atoms with van der Waals surface area (Å²) in [6.07, 6.45) is 2.78. The van der Waals surface area contributed by atoms with Crippen LogP contribution >= 0.6 is 24.0 Å². The fourth-order valence-electron chi connectivity index (χ4n) is 2.78. The molecule has 0 fully saturated rings. The summed E-state index contributed by atoms with van der Waals surface area (Å²) < 4.78 is 13.3. The van der Waals surface area contributed by atoms with Gasteiger partial charge in [0.25, 0.3) is 0 Å². The van der Waals surface area contributed by atoms with Gasteiger partial charge in [-0.05, 0) is 42.7 Å². The number of aromatic amines is 1. The van der Waals surface area contributed by atoms with Crippen molar-refractivity contribution in [1.29, 1.82) is 0 Å². The van der Waals surface area contributed by atoms with Gasteiger partial charge in [-0.1, -0.05) is 30.3 Å². The molecule has 1 heterocycles. The molecule has 3 N–H and O–H groups in total. The van der Waals surface area contributed by atoms with Crippen LogP contribution < -0.4 is 10.6 Å². The quantitative estimate of drug-likeness (QED) is 0.290. The molecule has 4 nitrogen and oxygen atoms in total. The summed E-state index contributed by atoms with van der Waals surface area (Å²) in [7, 11) is 0. The van der Waals surface area contributed by atoms with E-state index in [9.17, 15) is 4.39 Å². The average Bonchev–Trinajstić information content (AvgIpc) is 3.02. The van der Waals surface area contributed by atoms with E-state index in [1.165, 1.54) is 23.3 Å². The second-order valence-electron chi connectivity index (χ2n) is 5.86. The van der Waals surface area contributed by atoms with Crippen molar-refractivity contribution < 1.29 is 4.39 Å². The van der Waals surface area contributed by atoms with Crippen LogP contribution in [0.5, 0.6) is 0 Å². The van der Waals surface area contributed by atoms with E-state index >= 15 is 0 Å². The molecule has 138 valence electrons. The molecule has 0 amide bonds. The molecule has 0 bridgehead atoms. The Hall–Kier alpha value is -2.09. The molecule has 0 radical (unpaired) electrons. The number of hydrogen-bond acceptors (Lipinski definition) is 1. The third kappa shape index (κ3) is 5.45. The van der Waals surface area contributed by atoms with E-state index in [1.54, 1.807) is 0 Å². The molecule has 2 aromatic carbocycles.